The van der Waals surface area contributed by atoms with Crippen LogP contribution < -0.4 is 0 Å². The summed E-state index contributed by atoms with van der Waals surface area (Å²) in [5, 5.41) is 1.01. The fourth-order valence-corrected chi connectivity index (χ4v) is 2.37. The van der Waals surface area contributed by atoms with Crippen molar-refractivity contribution in [3.05, 3.63) is 0 Å². The first-order valence-electron chi connectivity index (χ1n) is 4.99. The standard InChI is InChI=1S/C10H16BrNO/c1-10(6-11)4-5-12(7-10)9(13)8-2-3-8/h8H,2-7H2,1H3. The van der Waals surface area contributed by atoms with Crippen LogP contribution in [0.4, 0.5) is 0 Å². The van der Waals surface area contributed by atoms with E-state index in [0.717, 1.165) is 37.7 Å². The lowest BCUT2D eigenvalue weighted by molar-refractivity contribution is -0.131. The van der Waals surface area contributed by atoms with Gasteiger partial charge < -0.3 is 4.90 Å². The van der Waals surface area contributed by atoms with E-state index in [-0.39, 0.29) is 0 Å². The number of nitrogens with zero attached hydrogens (tertiary/aromatic N) is 1. The quantitative estimate of drug-likeness (QED) is 0.683. The number of hydrogen-bond donors (Lipinski definition) is 0. The maximum atomic E-state index is 11.7. The Morgan fingerprint density at radius 3 is 2.77 bits per heavy atom. The zero-order valence-corrected chi connectivity index (χ0v) is 9.64. The third kappa shape index (κ3) is 1.90. The van der Waals surface area contributed by atoms with Crippen molar-refractivity contribution >= 4 is 21.8 Å². The van der Waals surface area contributed by atoms with Gasteiger partial charge in [0, 0.05) is 24.3 Å². The van der Waals surface area contributed by atoms with E-state index in [1.54, 1.807) is 0 Å². The van der Waals surface area contributed by atoms with Gasteiger partial charge in [0.1, 0.15) is 0 Å². The molecular weight excluding hydrogens is 230 g/mol. The molecule has 3 heteroatoms. The fraction of sp³-hybridized carbons (Fsp3) is 0.900. The monoisotopic (exact) mass is 245 g/mol. The molecule has 0 aromatic rings. The minimum atomic E-state index is 0.324. The largest absolute Gasteiger partial charge is 0.342 e. The number of likely N-dealkylation sites (tertiary alicyclic amines) is 1. The van der Waals surface area contributed by atoms with Crippen molar-refractivity contribution < 1.29 is 4.79 Å². The molecule has 74 valence electrons. The van der Waals surface area contributed by atoms with Crippen molar-refractivity contribution in [1.29, 1.82) is 0 Å². The third-order valence-electron chi connectivity index (χ3n) is 3.12. The zero-order valence-electron chi connectivity index (χ0n) is 8.05. The van der Waals surface area contributed by atoms with Crippen molar-refractivity contribution in [3.63, 3.8) is 0 Å². The maximum Gasteiger partial charge on any atom is 0.225 e. The molecule has 1 aliphatic heterocycles. The molecule has 1 heterocycles. The molecule has 0 radical (unpaired) electrons. The molecule has 1 aliphatic carbocycles. The van der Waals surface area contributed by atoms with Crippen LogP contribution >= 0.6 is 15.9 Å². The molecule has 0 bridgehead atoms. The first kappa shape index (κ1) is 9.50. The summed E-state index contributed by atoms with van der Waals surface area (Å²) in [4.78, 5) is 13.8. The van der Waals surface area contributed by atoms with E-state index in [2.05, 4.69) is 27.8 Å². The highest BCUT2D eigenvalue weighted by molar-refractivity contribution is 9.09. The molecule has 1 amide bonds. The van der Waals surface area contributed by atoms with E-state index in [9.17, 15) is 4.79 Å². The van der Waals surface area contributed by atoms with E-state index in [4.69, 9.17) is 0 Å². The number of rotatable bonds is 2. The highest BCUT2D eigenvalue weighted by Gasteiger charge is 2.40. The van der Waals surface area contributed by atoms with Crippen LogP contribution in [0.1, 0.15) is 26.2 Å². The number of alkyl halides is 1. The molecule has 0 aromatic carbocycles. The van der Waals surface area contributed by atoms with Crippen LogP contribution in [0.2, 0.25) is 0 Å². The summed E-state index contributed by atoms with van der Waals surface area (Å²) in [7, 11) is 0. The summed E-state index contributed by atoms with van der Waals surface area (Å²) < 4.78 is 0. The van der Waals surface area contributed by atoms with Gasteiger partial charge in [-0.2, -0.15) is 0 Å². The summed E-state index contributed by atoms with van der Waals surface area (Å²) in [6.07, 6.45) is 3.40. The first-order valence-corrected chi connectivity index (χ1v) is 6.11. The van der Waals surface area contributed by atoms with Gasteiger partial charge >= 0.3 is 0 Å². The smallest absolute Gasteiger partial charge is 0.225 e. The summed E-state index contributed by atoms with van der Waals surface area (Å²) in [6.45, 7) is 4.17. The summed E-state index contributed by atoms with van der Waals surface area (Å²) in [6, 6.07) is 0. The average Bonchev–Trinajstić information content (AvgIpc) is 2.89. The summed E-state index contributed by atoms with van der Waals surface area (Å²) in [5.74, 6) is 0.794. The molecule has 2 fully saturated rings. The number of carbonyl (C=O) groups excluding carboxylic acids is 1. The molecule has 0 spiro atoms. The Labute approximate surface area is 87.8 Å². The SMILES string of the molecule is CC1(CBr)CCN(C(=O)C2CC2)C1. The highest BCUT2D eigenvalue weighted by atomic mass is 79.9. The van der Waals surface area contributed by atoms with Gasteiger partial charge in [-0.3, -0.25) is 4.79 Å². The molecule has 1 saturated heterocycles. The lowest BCUT2D eigenvalue weighted by Gasteiger charge is -2.21. The van der Waals surface area contributed by atoms with E-state index in [1.165, 1.54) is 0 Å². The Bertz CT molecular complexity index is 227. The first-order chi connectivity index (χ1) is 6.14. The predicted octanol–water partition coefficient (Wildman–Crippen LogP) is 2.03. The Morgan fingerprint density at radius 2 is 2.31 bits per heavy atom. The van der Waals surface area contributed by atoms with Gasteiger partial charge in [0.2, 0.25) is 5.91 Å². The highest BCUT2D eigenvalue weighted by Crippen LogP contribution is 2.37. The Morgan fingerprint density at radius 1 is 1.62 bits per heavy atom. The molecule has 2 aliphatic rings. The van der Waals surface area contributed by atoms with E-state index >= 15 is 0 Å². The zero-order chi connectivity index (χ0) is 9.47. The van der Waals surface area contributed by atoms with Crippen LogP contribution in [0, 0.1) is 11.3 Å². The van der Waals surface area contributed by atoms with Gasteiger partial charge in [0.15, 0.2) is 0 Å². The van der Waals surface area contributed by atoms with E-state index in [1.807, 2.05) is 0 Å². The van der Waals surface area contributed by atoms with Crippen LogP contribution in [0.25, 0.3) is 0 Å². The van der Waals surface area contributed by atoms with Crippen molar-refractivity contribution in [3.8, 4) is 0 Å². The van der Waals surface area contributed by atoms with Crippen LogP contribution in [0.5, 0.6) is 0 Å². The van der Waals surface area contributed by atoms with Gasteiger partial charge in [-0.05, 0) is 24.7 Å². The minimum absolute atomic E-state index is 0.324. The van der Waals surface area contributed by atoms with Crippen molar-refractivity contribution in [1.82, 2.24) is 4.90 Å². The third-order valence-corrected chi connectivity index (χ3v) is 4.47. The van der Waals surface area contributed by atoms with Gasteiger partial charge in [0.05, 0.1) is 0 Å². The molecular formula is C10H16BrNO. The van der Waals surface area contributed by atoms with Crippen LogP contribution in [0.15, 0.2) is 0 Å². The van der Waals surface area contributed by atoms with Gasteiger partial charge in [-0.25, -0.2) is 0 Å². The number of carbonyl (C=O) groups is 1. The number of hydrogen-bond acceptors (Lipinski definition) is 1. The lowest BCUT2D eigenvalue weighted by Crippen LogP contribution is -2.32. The van der Waals surface area contributed by atoms with E-state index in [0.29, 0.717) is 17.2 Å². The van der Waals surface area contributed by atoms with Crippen LogP contribution in [-0.4, -0.2) is 29.2 Å². The molecule has 1 saturated carbocycles. The van der Waals surface area contributed by atoms with Crippen LogP contribution in [-0.2, 0) is 4.79 Å². The topological polar surface area (TPSA) is 20.3 Å². The molecule has 0 N–H and O–H groups in total. The summed E-state index contributed by atoms with van der Waals surface area (Å²) in [5.41, 5.74) is 0.324. The number of amides is 1. The molecule has 0 aromatic heterocycles. The normalized spacial score (nSPS) is 33.8. The fourth-order valence-electron chi connectivity index (χ4n) is 1.91. The van der Waals surface area contributed by atoms with Gasteiger partial charge in [-0.1, -0.05) is 22.9 Å². The van der Waals surface area contributed by atoms with E-state index < -0.39 is 0 Å². The second-order valence-corrected chi connectivity index (χ2v) is 5.29. The Kier molecular flexibility index (Phi) is 2.39. The number of halogens is 1. The second kappa shape index (κ2) is 3.26. The average molecular weight is 246 g/mol. The van der Waals surface area contributed by atoms with Crippen molar-refractivity contribution in [2.45, 2.75) is 26.2 Å². The molecule has 2 rings (SSSR count). The van der Waals surface area contributed by atoms with Gasteiger partial charge in [0.25, 0.3) is 0 Å². The minimum Gasteiger partial charge on any atom is -0.342 e. The Balaban J connectivity index is 1.93. The van der Waals surface area contributed by atoms with Crippen LogP contribution in [0.3, 0.4) is 0 Å². The predicted molar refractivity (Wildman–Crippen MR) is 55.8 cm³/mol. The second-order valence-electron chi connectivity index (χ2n) is 4.73. The Hall–Kier alpha value is -0.0500. The van der Waals surface area contributed by atoms with Crippen molar-refractivity contribution in [2.75, 3.05) is 18.4 Å². The van der Waals surface area contributed by atoms with Gasteiger partial charge in [-0.15, -0.1) is 0 Å². The maximum absolute atomic E-state index is 11.7. The lowest BCUT2D eigenvalue weighted by atomic mass is 9.93. The van der Waals surface area contributed by atoms with Crippen molar-refractivity contribution in [2.24, 2.45) is 11.3 Å². The molecule has 13 heavy (non-hydrogen) atoms. The molecule has 1 unspecified atom stereocenters. The molecule has 1 atom stereocenters. The molecule has 2 nitrogen and oxygen atoms in total. The summed E-state index contributed by atoms with van der Waals surface area (Å²) >= 11 is 3.52.